The molecule has 2 N–H and O–H groups in total. The van der Waals surface area contributed by atoms with E-state index >= 15 is 0 Å². The summed E-state index contributed by atoms with van der Waals surface area (Å²) >= 11 is 0. The van der Waals surface area contributed by atoms with Crippen LogP contribution in [0.15, 0.2) is 48.0 Å². The van der Waals surface area contributed by atoms with E-state index in [1.54, 1.807) is 19.7 Å². The van der Waals surface area contributed by atoms with Crippen LogP contribution in [0.1, 0.15) is 31.2 Å². The Kier molecular flexibility index (Phi) is 10.1. The van der Waals surface area contributed by atoms with Crippen molar-refractivity contribution in [3.63, 3.8) is 0 Å². The Bertz CT molecular complexity index is 570. The van der Waals surface area contributed by atoms with Gasteiger partial charge in [-0.3, -0.25) is 4.99 Å². The Morgan fingerprint density at radius 2 is 1.83 bits per heavy atom. The van der Waals surface area contributed by atoms with E-state index in [1.807, 2.05) is 10.6 Å². The van der Waals surface area contributed by atoms with Crippen LogP contribution in [-0.4, -0.2) is 40.9 Å². The zero-order valence-corrected chi connectivity index (χ0v) is 16.7. The lowest BCUT2D eigenvalue weighted by atomic mass is 10.0. The number of nitrogens with one attached hydrogen (secondary N) is 2. The number of unbranched alkanes of at least 4 members (excludes halogenated alkanes) is 1. The van der Waals surface area contributed by atoms with Gasteiger partial charge in [0.2, 0.25) is 0 Å². The quantitative estimate of drug-likeness (QED) is 0.286. The maximum Gasteiger partial charge on any atom is 0.190 e. The second-order valence-corrected chi connectivity index (χ2v) is 5.60. The zero-order chi connectivity index (χ0) is 16.3. The molecule has 0 saturated carbocycles. The van der Waals surface area contributed by atoms with Crippen LogP contribution in [0, 0.1) is 0 Å². The molecule has 1 atom stereocenters. The summed E-state index contributed by atoms with van der Waals surface area (Å²) in [5.41, 5.74) is 1.34. The fraction of sp³-hybridized carbons (Fsp3) is 0.471. The van der Waals surface area contributed by atoms with Gasteiger partial charge in [0.1, 0.15) is 12.7 Å². The zero-order valence-electron chi connectivity index (χ0n) is 14.4. The molecule has 2 aromatic rings. The van der Waals surface area contributed by atoms with Crippen LogP contribution in [0.4, 0.5) is 0 Å². The number of aryl methyl sites for hydroxylation is 1. The predicted molar refractivity (Wildman–Crippen MR) is 109 cm³/mol. The SMILES string of the molecule is CN=C(NCCCCn1cnnc1)NCC(C)c1ccccc1.I. The molecule has 6 nitrogen and oxygen atoms in total. The summed E-state index contributed by atoms with van der Waals surface area (Å²) in [5.74, 6) is 1.31. The van der Waals surface area contributed by atoms with Crippen molar-refractivity contribution >= 4 is 29.9 Å². The summed E-state index contributed by atoms with van der Waals surface area (Å²) in [6.45, 7) is 4.94. The Morgan fingerprint density at radius 3 is 2.50 bits per heavy atom. The van der Waals surface area contributed by atoms with E-state index in [9.17, 15) is 0 Å². The van der Waals surface area contributed by atoms with Crippen molar-refractivity contribution in [1.82, 2.24) is 25.4 Å². The van der Waals surface area contributed by atoms with Crippen molar-refractivity contribution in [3.05, 3.63) is 48.5 Å². The molecular weight excluding hydrogens is 415 g/mol. The molecule has 2 rings (SSSR count). The van der Waals surface area contributed by atoms with E-state index in [2.05, 4.69) is 57.0 Å². The topological polar surface area (TPSA) is 67.1 Å². The van der Waals surface area contributed by atoms with Gasteiger partial charge in [-0.05, 0) is 24.3 Å². The standard InChI is InChI=1S/C17H26N6.HI/c1-15(16-8-4-3-5-9-16)12-20-17(18-2)19-10-6-7-11-23-13-21-22-14-23;/h3-5,8-9,13-15H,6-7,10-12H2,1-2H3,(H2,18,19,20);1H. The second-order valence-electron chi connectivity index (χ2n) is 5.60. The summed E-state index contributed by atoms with van der Waals surface area (Å²) in [6, 6.07) is 10.5. The van der Waals surface area contributed by atoms with Crippen molar-refractivity contribution in [3.8, 4) is 0 Å². The van der Waals surface area contributed by atoms with Gasteiger partial charge in [0.15, 0.2) is 5.96 Å². The molecule has 1 aromatic carbocycles. The van der Waals surface area contributed by atoms with Crippen LogP contribution in [0.5, 0.6) is 0 Å². The van der Waals surface area contributed by atoms with Crippen LogP contribution in [0.25, 0.3) is 0 Å². The Labute approximate surface area is 161 Å². The van der Waals surface area contributed by atoms with E-state index in [4.69, 9.17) is 0 Å². The molecule has 0 fully saturated rings. The third kappa shape index (κ3) is 7.29. The van der Waals surface area contributed by atoms with Gasteiger partial charge in [0, 0.05) is 26.7 Å². The van der Waals surface area contributed by atoms with Crippen LogP contribution >= 0.6 is 24.0 Å². The van der Waals surface area contributed by atoms with Gasteiger partial charge in [-0.1, -0.05) is 37.3 Å². The molecule has 7 heteroatoms. The molecule has 0 aliphatic carbocycles. The first kappa shape index (κ1) is 20.4. The number of aromatic nitrogens is 3. The number of rotatable bonds is 8. The maximum absolute atomic E-state index is 4.27. The second kappa shape index (κ2) is 11.8. The van der Waals surface area contributed by atoms with Crippen molar-refractivity contribution in [2.24, 2.45) is 4.99 Å². The number of hydrogen-bond donors (Lipinski definition) is 2. The van der Waals surface area contributed by atoms with Crippen LogP contribution < -0.4 is 10.6 Å². The van der Waals surface area contributed by atoms with E-state index in [0.717, 1.165) is 38.4 Å². The minimum Gasteiger partial charge on any atom is -0.356 e. The third-order valence-corrected chi connectivity index (χ3v) is 3.77. The van der Waals surface area contributed by atoms with Crippen molar-refractivity contribution in [1.29, 1.82) is 0 Å². The minimum absolute atomic E-state index is 0. The molecule has 0 bridgehead atoms. The summed E-state index contributed by atoms with van der Waals surface area (Å²) < 4.78 is 1.99. The predicted octanol–water partition coefficient (Wildman–Crippen LogP) is 2.65. The molecule has 0 amide bonds. The van der Waals surface area contributed by atoms with Gasteiger partial charge in [-0.25, -0.2) is 0 Å². The van der Waals surface area contributed by atoms with Gasteiger partial charge in [0.25, 0.3) is 0 Å². The summed E-state index contributed by atoms with van der Waals surface area (Å²) in [6.07, 6.45) is 5.66. The number of benzene rings is 1. The average molecular weight is 442 g/mol. The normalized spacial score (nSPS) is 12.3. The lowest BCUT2D eigenvalue weighted by Gasteiger charge is -2.16. The Balaban J connectivity index is 0.00000288. The average Bonchev–Trinajstić information content (AvgIpc) is 3.11. The number of aliphatic imine (C=N–C) groups is 1. The Morgan fingerprint density at radius 1 is 1.12 bits per heavy atom. The smallest absolute Gasteiger partial charge is 0.190 e. The molecular formula is C17H27IN6. The third-order valence-electron chi connectivity index (χ3n) is 3.77. The molecule has 0 aliphatic rings. The summed E-state index contributed by atoms with van der Waals surface area (Å²) in [7, 11) is 1.81. The van der Waals surface area contributed by atoms with Gasteiger partial charge in [-0.2, -0.15) is 0 Å². The number of guanidine groups is 1. The molecule has 132 valence electrons. The maximum atomic E-state index is 4.27. The fourth-order valence-electron chi connectivity index (χ4n) is 2.33. The highest BCUT2D eigenvalue weighted by molar-refractivity contribution is 14.0. The highest BCUT2D eigenvalue weighted by Gasteiger charge is 2.05. The fourth-order valence-corrected chi connectivity index (χ4v) is 2.33. The van der Waals surface area contributed by atoms with E-state index in [-0.39, 0.29) is 24.0 Å². The van der Waals surface area contributed by atoms with E-state index in [0.29, 0.717) is 5.92 Å². The number of nitrogens with zero attached hydrogens (tertiary/aromatic N) is 4. The molecule has 0 aliphatic heterocycles. The molecule has 0 spiro atoms. The summed E-state index contributed by atoms with van der Waals surface area (Å²) in [4.78, 5) is 4.27. The first-order valence-corrected chi connectivity index (χ1v) is 8.11. The van der Waals surface area contributed by atoms with Gasteiger partial charge in [-0.15, -0.1) is 34.2 Å². The number of halogens is 1. The van der Waals surface area contributed by atoms with Crippen LogP contribution in [0.2, 0.25) is 0 Å². The van der Waals surface area contributed by atoms with Gasteiger partial charge >= 0.3 is 0 Å². The van der Waals surface area contributed by atoms with Crippen molar-refractivity contribution < 1.29 is 0 Å². The van der Waals surface area contributed by atoms with Crippen LogP contribution in [0.3, 0.4) is 0 Å². The highest BCUT2D eigenvalue weighted by atomic mass is 127. The molecule has 1 aromatic heterocycles. The molecule has 0 radical (unpaired) electrons. The first-order valence-electron chi connectivity index (χ1n) is 8.11. The highest BCUT2D eigenvalue weighted by Crippen LogP contribution is 2.12. The lowest BCUT2D eigenvalue weighted by molar-refractivity contribution is 0.596. The number of hydrogen-bond acceptors (Lipinski definition) is 3. The largest absolute Gasteiger partial charge is 0.356 e. The van der Waals surface area contributed by atoms with Crippen LogP contribution in [-0.2, 0) is 6.54 Å². The molecule has 1 unspecified atom stereocenters. The van der Waals surface area contributed by atoms with E-state index in [1.165, 1.54) is 5.56 Å². The van der Waals surface area contributed by atoms with Gasteiger partial charge in [0.05, 0.1) is 0 Å². The van der Waals surface area contributed by atoms with Gasteiger partial charge < -0.3 is 15.2 Å². The monoisotopic (exact) mass is 442 g/mol. The lowest BCUT2D eigenvalue weighted by Crippen LogP contribution is -2.39. The molecule has 1 heterocycles. The minimum atomic E-state index is 0. The van der Waals surface area contributed by atoms with Crippen molar-refractivity contribution in [2.45, 2.75) is 32.2 Å². The molecule has 24 heavy (non-hydrogen) atoms. The summed E-state index contributed by atoms with van der Waals surface area (Å²) in [5, 5.41) is 14.3. The Hall–Kier alpha value is -1.64. The first-order chi connectivity index (χ1) is 11.3. The molecule has 0 saturated heterocycles. The van der Waals surface area contributed by atoms with Crippen molar-refractivity contribution in [2.75, 3.05) is 20.1 Å². The van der Waals surface area contributed by atoms with E-state index < -0.39 is 0 Å².